The monoisotopic (exact) mass is 255 g/mol. The zero-order chi connectivity index (χ0) is 14.3. The molecule has 0 saturated heterocycles. The average molecular weight is 255 g/mol. The van der Waals surface area contributed by atoms with Crippen molar-refractivity contribution < 1.29 is 9.53 Å². The Morgan fingerprint density at radius 2 is 2.05 bits per heavy atom. The Kier molecular flexibility index (Phi) is 5.11. The summed E-state index contributed by atoms with van der Waals surface area (Å²) >= 11 is 0. The zero-order valence-corrected chi connectivity index (χ0v) is 11.3. The second-order valence-corrected chi connectivity index (χ2v) is 4.24. The Bertz CT molecular complexity index is 536. The smallest absolute Gasteiger partial charge is 0.331 e. The summed E-state index contributed by atoms with van der Waals surface area (Å²) in [5.74, 6) is -0.529. The van der Waals surface area contributed by atoms with Crippen molar-refractivity contribution in [2.75, 3.05) is 6.61 Å². The normalized spacial score (nSPS) is 12.7. The molecule has 98 valence electrons. The summed E-state index contributed by atoms with van der Waals surface area (Å²) in [5, 5.41) is 9.56. The molecule has 0 heterocycles. The van der Waals surface area contributed by atoms with E-state index in [1.165, 1.54) is 0 Å². The number of hydrogen-bond donors (Lipinski definition) is 0. The third-order valence-corrected chi connectivity index (χ3v) is 2.91. The van der Waals surface area contributed by atoms with Gasteiger partial charge < -0.3 is 4.74 Å². The van der Waals surface area contributed by atoms with Crippen molar-refractivity contribution in [3.05, 3.63) is 53.8 Å². The zero-order valence-electron chi connectivity index (χ0n) is 11.3. The minimum atomic E-state index is -1.33. The second kappa shape index (κ2) is 6.58. The molecular formula is C16H17NO2. The molecule has 1 unspecified atom stereocenters. The average Bonchev–Trinajstić information content (AvgIpc) is 2.45. The first-order chi connectivity index (χ1) is 9.10. The number of carbonyl (C=O) groups is 1. The summed E-state index contributed by atoms with van der Waals surface area (Å²) in [4.78, 5) is 12.2. The summed E-state index contributed by atoms with van der Waals surface area (Å²) in [7, 11) is 0. The molecule has 0 amide bonds. The van der Waals surface area contributed by atoms with Crippen molar-refractivity contribution in [1.82, 2.24) is 0 Å². The Morgan fingerprint density at radius 1 is 1.42 bits per heavy atom. The lowest BCUT2D eigenvalue weighted by molar-refractivity contribution is -0.147. The summed E-state index contributed by atoms with van der Waals surface area (Å²) in [6.07, 6.45) is 0.232. The number of allylic oxidation sites excluding steroid dienone is 1. The number of carbonyl (C=O) groups excluding carboxylic acids is 1. The predicted molar refractivity (Wildman–Crippen MR) is 73.3 cm³/mol. The van der Waals surface area contributed by atoms with Gasteiger partial charge in [0.1, 0.15) is 0 Å². The van der Waals surface area contributed by atoms with Gasteiger partial charge in [-0.2, -0.15) is 5.26 Å². The summed E-state index contributed by atoms with van der Waals surface area (Å²) in [6, 6.07) is 11.1. The van der Waals surface area contributed by atoms with Gasteiger partial charge in [-0.25, -0.2) is 4.79 Å². The maximum Gasteiger partial charge on any atom is 0.331 e. The van der Waals surface area contributed by atoms with Gasteiger partial charge in [0, 0.05) is 6.42 Å². The number of rotatable bonds is 5. The topological polar surface area (TPSA) is 50.1 Å². The SMILES string of the molecule is C=C=C(C)CC(C#N)(C(=O)OCC)c1ccccc1. The van der Waals surface area contributed by atoms with Gasteiger partial charge in [-0.15, -0.1) is 5.73 Å². The van der Waals surface area contributed by atoms with Crippen LogP contribution >= 0.6 is 0 Å². The molecule has 0 saturated carbocycles. The van der Waals surface area contributed by atoms with E-state index in [1.807, 2.05) is 6.07 Å². The van der Waals surface area contributed by atoms with Crippen LogP contribution in [-0.2, 0) is 14.9 Å². The molecule has 0 aromatic heterocycles. The van der Waals surface area contributed by atoms with E-state index in [1.54, 1.807) is 38.1 Å². The lowest BCUT2D eigenvalue weighted by Gasteiger charge is -2.24. The molecule has 3 heteroatoms. The Morgan fingerprint density at radius 3 is 2.53 bits per heavy atom. The lowest BCUT2D eigenvalue weighted by Crippen LogP contribution is -2.36. The first kappa shape index (κ1) is 14.8. The third-order valence-electron chi connectivity index (χ3n) is 2.91. The molecule has 3 nitrogen and oxygen atoms in total. The number of hydrogen-bond acceptors (Lipinski definition) is 3. The van der Waals surface area contributed by atoms with Crippen molar-refractivity contribution in [3.8, 4) is 6.07 Å². The van der Waals surface area contributed by atoms with Crippen molar-refractivity contribution >= 4 is 5.97 Å². The van der Waals surface area contributed by atoms with Gasteiger partial charge in [0.15, 0.2) is 5.41 Å². The number of ether oxygens (including phenoxy) is 1. The molecule has 1 atom stereocenters. The quantitative estimate of drug-likeness (QED) is 0.600. The first-order valence-corrected chi connectivity index (χ1v) is 6.10. The molecule has 19 heavy (non-hydrogen) atoms. The highest BCUT2D eigenvalue weighted by molar-refractivity contribution is 5.87. The van der Waals surface area contributed by atoms with Crippen LogP contribution in [0.3, 0.4) is 0 Å². The van der Waals surface area contributed by atoms with Crippen LogP contribution in [0.5, 0.6) is 0 Å². The van der Waals surface area contributed by atoms with Crippen LogP contribution in [0.15, 0.2) is 48.2 Å². The van der Waals surface area contributed by atoms with Crippen LogP contribution < -0.4 is 0 Å². The van der Waals surface area contributed by atoms with E-state index in [0.29, 0.717) is 5.56 Å². The summed E-state index contributed by atoms with van der Waals surface area (Å²) in [5.41, 5.74) is 2.78. The molecular weight excluding hydrogens is 238 g/mol. The predicted octanol–water partition coefficient (Wildman–Crippen LogP) is 3.13. The largest absolute Gasteiger partial charge is 0.465 e. The maximum atomic E-state index is 12.2. The molecule has 0 bridgehead atoms. The van der Waals surface area contributed by atoms with E-state index < -0.39 is 11.4 Å². The van der Waals surface area contributed by atoms with Crippen molar-refractivity contribution in [2.24, 2.45) is 0 Å². The molecule has 0 aliphatic heterocycles. The Balaban J connectivity index is 3.34. The van der Waals surface area contributed by atoms with Gasteiger partial charge >= 0.3 is 5.97 Å². The molecule has 1 aromatic carbocycles. The Labute approximate surface area is 113 Å². The summed E-state index contributed by atoms with van der Waals surface area (Å²) in [6.45, 7) is 7.31. The van der Waals surface area contributed by atoms with Gasteiger partial charge in [-0.3, -0.25) is 0 Å². The van der Waals surface area contributed by atoms with Gasteiger partial charge in [0.25, 0.3) is 0 Å². The van der Waals surface area contributed by atoms with Gasteiger partial charge in [0.2, 0.25) is 0 Å². The van der Waals surface area contributed by atoms with Crippen LogP contribution in [0, 0.1) is 11.3 Å². The fraction of sp³-hybridized carbons (Fsp3) is 0.312. The molecule has 0 N–H and O–H groups in total. The molecule has 0 aliphatic rings. The molecule has 0 spiro atoms. The standard InChI is InChI=1S/C16H17NO2/c1-4-13(3)11-16(12-17,15(18)19-5-2)14-9-7-6-8-10-14/h6-10H,1,5,11H2,2-3H3. The van der Waals surface area contributed by atoms with Crippen LogP contribution in [0.4, 0.5) is 0 Å². The molecule has 1 rings (SSSR count). The molecule has 0 fully saturated rings. The maximum absolute atomic E-state index is 12.2. The number of nitriles is 1. The van der Waals surface area contributed by atoms with Crippen LogP contribution in [0.2, 0.25) is 0 Å². The van der Waals surface area contributed by atoms with Crippen molar-refractivity contribution in [1.29, 1.82) is 5.26 Å². The van der Waals surface area contributed by atoms with Crippen LogP contribution in [0.1, 0.15) is 25.8 Å². The van der Waals surface area contributed by atoms with Gasteiger partial charge in [-0.05, 0) is 25.0 Å². The van der Waals surface area contributed by atoms with Crippen molar-refractivity contribution in [3.63, 3.8) is 0 Å². The molecule has 0 radical (unpaired) electrons. The molecule has 1 aromatic rings. The third kappa shape index (κ3) is 3.13. The van der Waals surface area contributed by atoms with Gasteiger partial charge in [-0.1, -0.05) is 36.9 Å². The van der Waals surface area contributed by atoms with E-state index in [-0.39, 0.29) is 13.0 Å². The first-order valence-electron chi connectivity index (χ1n) is 6.10. The fourth-order valence-electron chi connectivity index (χ4n) is 1.88. The van der Waals surface area contributed by atoms with E-state index >= 15 is 0 Å². The summed E-state index contributed by atoms with van der Waals surface area (Å²) < 4.78 is 5.08. The highest BCUT2D eigenvalue weighted by atomic mass is 16.5. The highest BCUT2D eigenvalue weighted by Crippen LogP contribution is 2.32. The minimum Gasteiger partial charge on any atom is -0.465 e. The van der Waals surface area contributed by atoms with E-state index in [0.717, 1.165) is 5.57 Å². The molecule has 0 aliphatic carbocycles. The Hall–Kier alpha value is -2.30. The number of esters is 1. The fourth-order valence-corrected chi connectivity index (χ4v) is 1.88. The van der Waals surface area contributed by atoms with E-state index in [9.17, 15) is 10.1 Å². The van der Waals surface area contributed by atoms with E-state index in [4.69, 9.17) is 4.74 Å². The highest BCUT2D eigenvalue weighted by Gasteiger charge is 2.42. The number of benzene rings is 1. The van der Waals surface area contributed by atoms with E-state index in [2.05, 4.69) is 18.4 Å². The van der Waals surface area contributed by atoms with Crippen LogP contribution in [-0.4, -0.2) is 12.6 Å². The van der Waals surface area contributed by atoms with Gasteiger partial charge in [0.05, 0.1) is 12.7 Å². The van der Waals surface area contributed by atoms with Crippen LogP contribution in [0.25, 0.3) is 0 Å². The van der Waals surface area contributed by atoms with Crippen molar-refractivity contribution in [2.45, 2.75) is 25.7 Å². The number of nitrogens with zero attached hydrogens (tertiary/aromatic N) is 1. The second-order valence-electron chi connectivity index (χ2n) is 4.24. The minimum absolute atomic E-state index is 0.232. The lowest BCUT2D eigenvalue weighted by atomic mass is 9.77.